The molecule has 0 atom stereocenters. The molecule has 2 rings (SSSR count). The number of nitrogens with two attached hydrogens (primary N) is 1. The Morgan fingerprint density at radius 3 is 2.10 bits per heavy atom. The Morgan fingerprint density at radius 2 is 1.60 bits per heavy atom. The largest absolute Gasteiger partial charge is 0.488 e. The lowest BCUT2D eigenvalue weighted by Gasteiger charge is -2.13. The number of ether oxygens (including phenoxy) is 1. The molecule has 2 aromatic carbocycles. The van der Waals surface area contributed by atoms with E-state index < -0.39 is 0 Å². The highest BCUT2D eigenvalue weighted by atomic mass is 16.5. The molecule has 0 spiro atoms. The van der Waals surface area contributed by atoms with Crippen LogP contribution in [0, 0.1) is 26.2 Å². The SMILES string of the molecule is Cc1cc(C)c(OCc2ccc(C(=N)N)cc2)c(C)c1. The number of rotatable bonds is 4. The second-order valence-corrected chi connectivity index (χ2v) is 5.13. The summed E-state index contributed by atoms with van der Waals surface area (Å²) in [6.07, 6.45) is 0. The smallest absolute Gasteiger partial charge is 0.125 e. The molecule has 0 saturated heterocycles. The van der Waals surface area contributed by atoms with Crippen molar-refractivity contribution in [3.05, 3.63) is 64.2 Å². The van der Waals surface area contributed by atoms with E-state index in [4.69, 9.17) is 15.9 Å². The quantitative estimate of drug-likeness (QED) is 0.659. The molecule has 0 amide bonds. The summed E-state index contributed by atoms with van der Waals surface area (Å²) in [4.78, 5) is 0. The number of hydrogen-bond acceptors (Lipinski definition) is 2. The maximum Gasteiger partial charge on any atom is 0.125 e. The third-order valence-electron chi connectivity index (χ3n) is 3.25. The van der Waals surface area contributed by atoms with Crippen LogP contribution in [0.15, 0.2) is 36.4 Å². The zero-order valence-corrected chi connectivity index (χ0v) is 12.2. The number of amidine groups is 1. The van der Waals surface area contributed by atoms with Crippen molar-refractivity contribution in [2.45, 2.75) is 27.4 Å². The van der Waals surface area contributed by atoms with Gasteiger partial charge in [-0.15, -0.1) is 0 Å². The average molecular weight is 268 g/mol. The molecule has 0 saturated carbocycles. The summed E-state index contributed by atoms with van der Waals surface area (Å²) in [5, 5.41) is 7.37. The van der Waals surface area contributed by atoms with Gasteiger partial charge in [-0.3, -0.25) is 5.41 Å². The minimum atomic E-state index is 0.0858. The zero-order chi connectivity index (χ0) is 14.7. The van der Waals surface area contributed by atoms with Crippen molar-refractivity contribution in [2.24, 2.45) is 5.73 Å². The zero-order valence-electron chi connectivity index (χ0n) is 12.2. The molecule has 0 heterocycles. The lowest BCUT2D eigenvalue weighted by molar-refractivity contribution is 0.302. The molecule has 0 aromatic heterocycles. The molecule has 0 unspecified atom stereocenters. The van der Waals surface area contributed by atoms with Gasteiger partial charge in [0, 0.05) is 5.56 Å². The molecular formula is C17H20N2O. The van der Waals surface area contributed by atoms with Crippen molar-refractivity contribution < 1.29 is 4.74 Å². The molecule has 3 nitrogen and oxygen atoms in total. The maximum atomic E-state index is 7.37. The van der Waals surface area contributed by atoms with E-state index in [9.17, 15) is 0 Å². The van der Waals surface area contributed by atoms with Gasteiger partial charge in [0.25, 0.3) is 0 Å². The van der Waals surface area contributed by atoms with Crippen molar-refractivity contribution in [1.29, 1.82) is 5.41 Å². The summed E-state index contributed by atoms with van der Waals surface area (Å²) in [7, 11) is 0. The second kappa shape index (κ2) is 5.78. The van der Waals surface area contributed by atoms with Crippen molar-refractivity contribution in [3.8, 4) is 5.75 Å². The molecule has 0 fully saturated rings. The van der Waals surface area contributed by atoms with Gasteiger partial charge in [-0.25, -0.2) is 0 Å². The van der Waals surface area contributed by atoms with Crippen LogP contribution in [-0.2, 0) is 6.61 Å². The summed E-state index contributed by atoms with van der Waals surface area (Å²) in [6, 6.07) is 11.8. The number of hydrogen-bond donors (Lipinski definition) is 2. The Balaban J connectivity index is 2.11. The van der Waals surface area contributed by atoms with Gasteiger partial charge in [0.2, 0.25) is 0 Å². The van der Waals surface area contributed by atoms with E-state index in [0.29, 0.717) is 6.61 Å². The Morgan fingerprint density at radius 1 is 1.05 bits per heavy atom. The highest BCUT2D eigenvalue weighted by molar-refractivity contribution is 5.94. The van der Waals surface area contributed by atoms with Gasteiger partial charge in [-0.05, 0) is 37.5 Å². The first kappa shape index (κ1) is 14.1. The Kier molecular flexibility index (Phi) is 4.08. The van der Waals surface area contributed by atoms with Gasteiger partial charge >= 0.3 is 0 Å². The standard InChI is InChI=1S/C17H20N2O/c1-11-8-12(2)16(13(3)9-11)20-10-14-4-6-15(7-5-14)17(18)19/h4-9H,10H2,1-3H3,(H3,18,19). The van der Waals surface area contributed by atoms with E-state index >= 15 is 0 Å². The first-order valence-corrected chi connectivity index (χ1v) is 6.61. The minimum absolute atomic E-state index is 0.0858. The summed E-state index contributed by atoms with van der Waals surface area (Å²) >= 11 is 0. The van der Waals surface area contributed by atoms with Crippen LogP contribution in [0.3, 0.4) is 0 Å². The first-order chi connectivity index (χ1) is 9.47. The fourth-order valence-electron chi connectivity index (χ4n) is 2.33. The predicted octanol–water partition coefficient (Wildman–Crippen LogP) is 3.47. The second-order valence-electron chi connectivity index (χ2n) is 5.13. The molecule has 0 aliphatic rings. The lowest BCUT2D eigenvalue weighted by Crippen LogP contribution is -2.10. The molecule has 3 N–H and O–H groups in total. The van der Waals surface area contributed by atoms with Gasteiger partial charge in [0.15, 0.2) is 0 Å². The molecule has 0 aliphatic heterocycles. The highest BCUT2D eigenvalue weighted by Gasteiger charge is 2.05. The van der Waals surface area contributed by atoms with Crippen LogP contribution in [0.1, 0.15) is 27.8 Å². The van der Waals surface area contributed by atoms with E-state index in [-0.39, 0.29) is 5.84 Å². The lowest BCUT2D eigenvalue weighted by atomic mass is 10.1. The van der Waals surface area contributed by atoms with Crippen molar-refractivity contribution in [2.75, 3.05) is 0 Å². The van der Waals surface area contributed by atoms with Gasteiger partial charge in [-0.1, -0.05) is 42.0 Å². The van der Waals surface area contributed by atoms with Crippen molar-refractivity contribution in [1.82, 2.24) is 0 Å². The van der Waals surface area contributed by atoms with Crippen LogP contribution in [0.4, 0.5) is 0 Å². The van der Waals surface area contributed by atoms with Crippen molar-refractivity contribution in [3.63, 3.8) is 0 Å². The van der Waals surface area contributed by atoms with E-state index in [2.05, 4.69) is 32.9 Å². The Hall–Kier alpha value is -2.29. The monoisotopic (exact) mass is 268 g/mol. The third kappa shape index (κ3) is 3.18. The van der Waals surface area contributed by atoms with Crippen LogP contribution in [0.2, 0.25) is 0 Å². The van der Waals surface area contributed by atoms with Crippen molar-refractivity contribution >= 4 is 5.84 Å². The summed E-state index contributed by atoms with van der Waals surface area (Å²) in [5.41, 5.74) is 10.8. The predicted molar refractivity (Wildman–Crippen MR) is 82.4 cm³/mol. The van der Waals surface area contributed by atoms with Gasteiger partial charge in [-0.2, -0.15) is 0 Å². The minimum Gasteiger partial charge on any atom is -0.488 e. The Labute approximate surface area is 119 Å². The highest BCUT2D eigenvalue weighted by Crippen LogP contribution is 2.25. The molecule has 0 radical (unpaired) electrons. The number of benzene rings is 2. The fourth-order valence-corrected chi connectivity index (χ4v) is 2.33. The van der Waals surface area contributed by atoms with E-state index in [1.54, 1.807) is 0 Å². The normalized spacial score (nSPS) is 10.3. The molecular weight excluding hydrogens is 248 g/mol. The summed E-state index contributed by atoms with van der Waals surface area (Å²) < 4.78 is 5.92. The molecule has 3 heteroatoms. The van der Waals surface area contributed by atoms with Crippen LogP contribution in [-0.4, -0.2) is 5.84 Å². The topological polar surface area (TPSA) is 59.1 Å². The Bertz CT molecular complexity index is 607. The van der Waals surface area contributed by atoms with Crippen LogP contribution in [0.25, 0.3) is 0 Å². The van der Waals surface area contributed by atoms with Crippen LogP contribution in [0.5, 0.6) is 5.75 Å². The summed E-state index contributed by atoms with van der Waals surface area (Å²) in [5.74, 6) is 1.04. The van der Waals surface area contributed by atoms with E-state index in [0.717, 1.165) is 28.0 Å². The van der Waals surface area contributed by atoms with Crippen LogP contribution < -0.4 is 10.5 Å². The molecule has 0 bridgehead atoms. The van der Waals surface area contributed by atoms with E-state index in [1.165, 1.54) is 5.56 Å². The molecule has 20 heavy (non-hydrogen) atoms. The third-order valence-corrected chi connectivity index (χ3v) is 3.25. The van der Waals surface area contributed by atoms with Gasteiger partial charge < -0.3 is 10.5 Å². The number of aryl methyl sites for hydroxylation is 3. The van der Waals surface area contributed by atoms with Crippen LogP contribution >= 0.6 is 0 Å². The fraction of sp³-hybridized carbons (Fsp3) is 0.235. The molecule has 0 aliphatic carbocycles. The number of nitrogens with one attached hydrogen (secondary N) is 1. The average Bonchev–Trinajstić information content (AvgIpc) is 2.38. The van der Waals surface area contributed by atoms with E-state index in [1.807, 2.05) is 24.3 Å². The van der Waals surface area contributed by atoms with Gasteiger partial charge in [0.1, 0.15) is 18.2 Å². The summed E-state index contributed by atoms with van der Waals surface area (Å²) in [6.45, 7) is 6.73. The maximum absolute atomic E-state index is 7.37. The molecule has 104 valence electrons. The van der Waals surface area contributed by atoms with Gasteiger partial charge in [0.05, 0.1) is 0 Å². The first-order valence-electron chi connectivity index (χ1n) is 6.61. The molecule has 2 aromatic rings. The number of nitrogen functional groups attached to an aromatic ring is 1.